The molecule has 1 atom stereocenters. The maximum atomic E-state index is 11.8. The molecule has 0 heterocycles. The Morgan fingerprint density at radius 3 is 2.42 bits per heavy atom. The number of amides is 1. The van der Waals surface area contributed by atoms with Crippen molar-refractivity contribution in [3.05, 3.63) is 59.7 Å². The molecule has 0 aliphatic rings. The lowest BCUT2D eigenvalue weighted by Gasteiger charge is -2.13. The molecule has 2 aromatic carbocycles. The summed E-state index contributed by atoms with van der Waals surface area (Å²) in [7, 11) is 0. The van der Waals surface area contributed by atoms with E-state index in [1.165, 1.54) is 6.92 Å². The van der Waals surface area contributed by atoms with Crippen LogP contribution < -0.4 is 5.32 Å². The topological polar surface area (TPSA) is 55.4 Å². The first-order valence-corrected chi connectivity index (χ1v) is 8.13. The minimum Gasteiger partial charge on any atom is -0.462 e. The SMILES string of the molecule is CCOC(=O)c1cccc(-c2ccc(CC(C)NC(C)=O)cc2)c1. The minimum absolute atomic E-state index is 0.0186. The summed E-state index contributed by atoms with van der Waals surface area (Å²) in [6, 6.07) is 15.7. The Labute approximate surface area is 142 Å². The third-order valence-corrected chi connectivity index (χ3v) is 3.65. The molecule has 1 unspecified atom stereocenters. The highest BCUT2D eigenvalue weighted by atomic mass is 16.5. The Morgan fingerprint density at radius 1 is 1.08 bits per heavy atom. The standard InChI is InChI=1S/C20H23NO3/c1-4-24-20(23)19-7-5-6-18(13-19)17-10-8-16(9-11-17)12-14(2)21-15(3)22/h5-11,13-14H,4,12H2,1-3H3,(H,21,22). The summed E-state index contributed by atoms with van der Waals surface area (Å²) in [6.07, 6.45) is 0.780. The number of esters is 1. The van der Waals surface area contributed by atoms with Crippen LogP contribution in [0.2, 0.25) is 0 Å². The molecule has 24 heavy (non-hydrogen) atoms. The van der Waals surface area contributed by atoms with Crippen molar-refractivity contribution in [3.8, 4) is 11.1 Å². The molecule has 2 aromatic rings. The van der Waals surface area contributed by atoms with Gasteiger partial charge in [-0.1, -0.05) is 36.4 Å². The number of rotatable bonds is 6. The normalized spacial score (nSPS) is 11.6. The van der Waals surface area contributed by atoms with E-state index >= 15 is 0 Å². The van der Waals surface area contributed by atoms with Gasteiger partial charge in [0.25, 0.3) is 0 Å². The lowest BCUT2D eigenvalue weighted by molar-refractivity contribution is -0.119. The summed E-state index contributed by atoms with van der Waals surface area (Å²) in [4.78, 5) is 22.9. The molecule has 0 aromatic heterocycles. The second-order valence-corrected chi connectivity index (χ2v) is 5.80. The Hall–Kier alpha value is -2.62. The Bertz CT molecular complexity index is 707. The number of benzene rings is 2. The largest absolute Gasteiger partial charge is 0.462 e. The molecule has 0 fully saturated rings. The van der Waals surface area contributed by atoms with E-state index in [0.717, 1.165) is 23.1 Å². The Balaban J connectivity index is 2.12. The van der Waals surface area contributed by atoms with Crippen molar-refractivity contribution in [3.63, 3.8) is 0 Å². The van der Waals surface area contributed by atoms with Crippen LogP contribution in [0.1, 0.15) is 36.7 Å². The highest BCUT2D eigenvalue weighted by Crippen LogP contribution is 2.22. The van der Waals surface area contributed by atoms with Crippen LogP contribution in [-0.2, 0) is 16.0 Å². The van der Waals surface area contributed by atoms with Crippen LogP contribution in [0.25, 0.3) is 11.1 Å². The summed E-state index contributed by atoms with van der Waals surface area (Å²) >= 11 is 0. The van der Waals surface area contributed by atoms with Gasteiger partial charge in [0, 0.05) is 13.0 Å². The van der Waals surface area contributed by atoms with Crippen molar-refractivity contribution in [2.24, 2.45) is 0 Å². The average Bonchev–Trinajstić information content (AvgIpc) is 2.55. The Kier molecular flexibility index (Phi) is 6.13. The van der Waals surface area contributed by atoms with Crippen molar-refractivity contribution < 1.29 is 14.3 Å². The van der Waals surface area contributed by atoms with Gasteiger partial charge in [-0.25, -0.2) is 4.79 Å². The Morgan fingerprint density at radius 2 is 1.79 bits per heavy atom. The molecule has 0 aliphatic heterocycles. The van der Waals surface area contributed by atoms with E-state index in [-0.39, 0.29) is 17.9 Å². The van der Waals surface area contributed by atoms with E-state index in [1.807, 2.05) is 49.4 Å². The zero-order valence-corrected chi connectivity index (χ0v) is 14.3. The lowest BCUT2D eigenvalue weighted by Crippen LogP contribution is -2.31. The van der Waals surface area contributed by atoms with E-state index < -0.39 is 0 Å². The van der Waals surface area contributed by atoms with Crippen molar-refractivity contribution >= 4 is 11.9 Å². The maximum absolute atomic E-state index is 11.8. The van der Waals surface area contributed by atoms with Crippen molar-refractivity contribution in [2.75, 3.05) is 6.61 Å². The zero-order valence-electron chi connectivity index (χ0n) is 14.3. The van der Waals surface area contributed by atoms with E-state index in [4.69, 9.17) is 4.74 Å². The quantitative estimate of drug-likeness (QED) is 0.826. The smallest absolute Gasteiger partial charge is 0.338 e. The van der Waals surface area contributed by atoms with Gasteiger partial charge < -0.3 is 10.1 Å². The molecule has 0 radical (unpaired) electrons. The van der Waals surface area contributed by atoms with E-state index in [9.17, 15) is 9.59 Å². The molecular formula is C20H23NO3. The zero-order chi connectivity index (χ0) is 17.5. The first kappa shape index (κ1) is 17.7. The second-order valence-electron chi connectivity index (χ2n) is 5.80. The third kappa shape index (κ3) is 4.95. The molecule has 0 saturated heterocycles. The predicted octanol–water partition coefficient (Wildman–Crippen LogP) is 3.60. The molecule has 0 aliphatic carbocycles. The molecule has 0 bridgehead atoms. The van der Waals surface area contributed by atoms with Gasteiger partial charge in [-0.3, -0.25) is 4.79 Å². The number of hydrogen-bond donors (Lipinski definition) is 1. The van der Waals surface area contributed by atoms with Gasteiger partial charge in [0.1, 0.15) is 0 Å². The van der Waals surface area contributed by atoms with Crippen LogP contribution >= 0.6 is 0 Å². The van der Waals surface area contributed by atoms with Crippen LogP contribution in [-0.4, -0.2) is 24.5 Å². The van der Waals surface area contributed by atoms with Gasteiger partial charge in [0.2, 0.25) is 5.91 Å². The molecule has 4 nitrogen and oxygen atoms in total. The molecule has 2 rings (SSSR count). The van der Waals surface area contributed by atoms with Gasteiger partial charge in [0.15, 0.2) is 0 Å². The average molecular weight is 325 g/mol. The monoisotopic (exact) mass is 325 g/mol. The highest BCUT2D eigenvalue weighted by Gasteiger charge is 2.08. The molecule has 4 heteroatoms. The fraction of sp³-hybridized carbons (Fsp3) is 0.300. The summed E-state index contributed by atoms with van der Waals surface area (Å²) < 4.78 is 5.04. The molecule has 0 spiro atoms. The van der Waals surface area contributed by atoms with E-state index in [2.05, 4.69) is 5.32 Å². The van der Waals surface area contributed by atoms with Crippen LogP contribution in [0.3, 0.4) is 0 Å². The first-order valence-electron chi connectivity index (χ1n) is 8.13. The molecule has 0 saturated carbocycles. The summed E-state index contributed by atoms with van der Waals surface area (Å²) in [6.45, 7) is 5.67. The molecule has 126 valence electrons. The van der Waals surface area contributed by atoms with E-state index in [1.54, 1.807) is 13.0 Å². The van der Waals surface area contributed by atoms with Gasteiger partial charge >= 0.3 is 5.97 Å². The van der Waals surface area contributed by atoms with Crippen molar-refractivity contribution in [1.82, 2.24) is 5.32 Å². The van der Waals surface area contributed by atoms with Gasteiger partial charge in [-0.05, 0) is 49.1 Å². The number of nitrogens with one attached hydrogen (secondary N) is 1. The van der Waals surface area contributed by atoms with Gasteiger partial charge in [0.05, 0.1) is 12.2 Å². The van der Waals surface area contributed by atoms with Crippen molar-refractivity contribution in [2.45, 2.75) is 33.2 Å². The van der Waals surface area contributed by atoms with Crippen LogP contribution in [0, 0.1) is 0 Å². The second kappa shape index (κ2) is 8.29. The van der Waals surface area contributed by atoms with Crippen LogP contribution in [0.5, 0.6) is 0 Å². The fourth-order valence-corrected chi connectivity index (χ4v) is 2.63. The summed E-state index contributed by atoms with van der Waals surface area (Å²) in [5.74, 6) is -0.324. The third-order valence-electron chi connectivity index (χ3n) is 3.65. The molecule has 1 amide bonds. The first-order chi connectivity index (χ1) is 11.5. The number of hydrogen-bond acceptors (Lipinski definition) is 3. The minimum atomic E-state index is -0.305. The van der Waals surface area contributed by atoms with Crippen LogP contribution in [0.15, 0.2) is 48.5 Å². The summed E-state index contributed by atoms with van der Waals surface area (Å²) in [5.41, 5.74) is 3.72. The number of ether oxygens (including phenoxy) is 1. The highest BCUT2D eigenvalue weighted by molar-refractivity contribution is 5.91. The predicted molar refractivity (Wildman–Crippen MR) is 94.8 cm³/mol. The van der Waals surface area contributed by atoms with Gasteiger partial charge in [-0.15, -0.1) is 0 Å². The van der Waals surface area contributed by atoms with Gasteiger partial charge in [-0.2, -0.15) is 0 Å². The summed E-state index contributed by atoms with van der Waals surface area (Å²) in [5, 5.41) is 2.88. The number of carbonyl (C=O) groups is 2. The molecular weight excluding hydrogens is 302 g/mol. The lowest BCUT2D eigenvalue weighted by atomic mass is 10.00. The maximum Gasteiger partial charge on any atom is 0.338 e. The van der Waals surface area contributed by atoms with E-state index in [0.29, 0.717) is 12.2 Å². The molecule has 1 N–H and O–H groups in total. The fourth-order valence-electron chi connectivity index (χ4n) is 2.63. The number of carbonyl (C=O) groups excluding carboxylic acids is 2. The van der Waals surface area contributed by atoms with Crippen LogP contribution in [0.4, 0.5) is 0 Å². The van der Waals surface area contributed by atoms with Crippen molar-refractivity contribution in [1.29, 1.82) is 0 Å².